The Morgan fingerprint density at radius 2 is 1.94 bits per heavy atom. The largest absolute Gasteiger partial charge is 0.755 e. The molecule has 0 radical (unpaired) electrons. The minimum Gasteiger partial charge on any atom is -0.755 e. The number of hydrogen-bond donors (Lipinski definition) is 2. The standard InChI is InChI=1S/C22H22ClFN4O3S/c1-2-12-28(32(30)31)18-10-9-17(23)20(21(18)24)22(29)27-16-8-11-19(26-14-16)25-13-15-6-4-3-5-7-15/h3-11,14H,2,12-13H2,1H3,(H,25,26)(H,27,29)(H,30,31)/p-1. The average molecular weight is 476 g/mol. The lowest BCUT2D eigenvalue weighted by molar-refractivity contribution is 0.102. The smallest absolute Gasteiger partial charge is 0.260 e. The van der Waals surface area contributed by atoms with Gasteiger partial charge in [-0.2, -0.15) is 0 Å². The highest BCUT2D eigenvalue weighted by molar-refractivity contribution is 7.80. The van der Waals surface area contributed by atoms with E-state index in [0.717, 1.165) is 9.87 Å². The van der Waals surface area contributed by atoms with Gasteiger partial charge in [0.2, 0.25) is 0 Å². The van der Waals surface area contributed by atoms with E-state index in [9.17, 15) is 13.6 Å². The second-order valence-electron chi connectivity index (χ2n) is 6.80. The first-order valence-corrected chi connectivity index (χ1v) is 11.2. The summed E-state index contributed by atoms with van der Waals surface area (Å²) >= 11 is 3.35. The minimum absolute atomic E-state index is 0.0666. The summed E-state index contributed by atoms with van der Waals surface area (Å²) in [5.41, 5.74) is 0.738. The van der Waals surface area contributed by atoms with Gasteiger partial charge in [-0.1, -0.05) is 48.9 Å². The van der Waals surface area contributed by atoms with E-state index in [-0.39, 0.29) is 17.3 Å². The Balaban J connectivity index is 1.74. The van der Waals surface area contributed by atoms with Gasteiger partial charge < -0.3 is 15.2 Å². The van der Waals surface area contributed by atoms with Crippen molar-refractivity contribution in [3.05, 3.63) is 82.8 Å². The van der Waals surface area contributed by atoms with E-state index in [1.54, 1.807) is 19.1 Å². The van der Waals surface area contributed by atoms with E-state index in [1.807, 2.05) is 30.3 Å². The molecule has 0 fully saturated rings. The van der Waals surface area contributed by atoms with Gasteiger partial charge in [-0.3, -0.25) is 13.3 Å². The molecule has 0 bridgehead atoms. The molecule has 2 aromatic carbocycles. The maximum Gasteiger partial charge on any atom is 0.260 e. The van der Waals surface area contributed by atoms with Crippen molar-refractivity contribution in [1.29, 1.82) is 0 Å². The molecule has 0 aliphatic heterocycles. The maximum atomic E-state index is 15.1. The quantitative estimate of drug-likeness (QED) is 0.435. The van der Waals surface area contributed by atoms with Crippen LogP contribution in [0.5, 0.6) is 0 Å². The number of rotatable bonds is 9. The SMILES string of the molecule is CCCN(c1ccc(Cl)c(C(=O)Nc2ccc(NCc3ccccc3)nc2)c1F)S(=O)[O-]. The van der Waals surface area contributed by atoms with Crippen LogP contribution in [-0.2, 0) is 17.8 Å². The van der Waals surface area contributed by atoms with Gasteiger partial charge in [-0.25, -0.2) is 9.37 Å². The van der Waals surface area contributed by atoms with Crippen molar-refractivity contribution in [2.24, 2.45) is 0 Å². The third kappa shape index (κ3) is 5.82. The zero-order valence-corrected chi connectivity index (χ0v) is 18.8. The molecule has 0 aliphatic rings. The molecule has 1 heterocycles. The highest BCUT2D eigenvalue weighted by Gasteiger charge is 2.23. The van der Waals surface area contributed by atoms with Gasteiger partial charge >= 0.3 is 0 Å². The van der Waals surface area contributed by atoms with E-state index in [0.29, 0.717) is 24.5 Å². The lowest BCUT2D eigenvalue weighted by atomic mass is 10.1. The number of carbonyl (C=O) groups is 1. The van der Waals surface area contributed by atoms with Gasteiger partial charge in [-0.15, -0.1) is 0 Å². The van der Waals surface area contributed by atoms with Crippen LogP contribution < -0.4 is 14.9 Å². The molecule has 1 amide bonds. The molecule has 1 atom stereocenters. The topological polar surface area (TPSA) is 97.4 Å². The Hall–Kier alpha value is -3.01. The third-order valence-corrected chi connectivity index (χ3v) is 5.57. The number of amides is 1. The highest BCUT2D eigenvalue weighted by Crippen LogP contribution is 2.30. The number of hydrogen-bond acceptors (Lipinski definition) is 5. The van der Waals surface area contributed by atoms with E-state index >= 15 is 4.39 Å². The molecule has 7 nitrogen and oxygen atoms in total. The van der Waals surface area contributed by atoms with Gasteiger partial charge in [-0.05, 0) is 36.2 Å². The number of pyridine rings is 1. The summed E-state index contributed by atoms with van der Waals surface area (Å²) in [6, 6.07) is 15.6. The van der Waals surface area contributed by atoms with Crippen molar-refractivity contribution in [3.8, 4) is 0 Å². The Kier molecular flexibility index (Phi) is 8.15. The Bertz CT molecular complexity index is 1100. The Morgan fingerprint density at radius 1 is 1.19 bits per heavy atom. The number of carbonyl (C=O) groups excluding carboxylic acids is 1. The van der Waals surface area contributed by atoms with Crippen LogP contribution in [-0.4, -0.2) is 26.2 Å². The molecule has 1 aromatic heterocycles. The molecule has 3 aromatic rings. The number of halogens is 2. The number of benzene rings is 2. The first-order valence-electron chi connectivity index (χ1n) is 9.80. The lowest BCUT2D eigenvalue weighted by Gasteiger charge is -2.27. The molecule has 10 heteroatoms. The fraction of sp³-hybridized carbons (Fsp3) is 0.182. The first kappa shape index (κ1) is 23.6. The van der Waals surface area contributed by atoms with Gasteiger partial charge in [0.05, 0.1) is 28.2 Å². The van der Waals surface area contributed by atoms with E-state index in [4.69, 9.17) is 11.6 Å². The van der Waals surface area contributed by atoms with E-state index in [2.05, 4.69) is 15.6 Å². The van der Waals surface area contributed by atoms with Crippen LogP contribution in [0.25, 0.3) is 0 Å². The van der Waals surface area contributed by atoms with Gasteiger partial charge in [0.15, 0.2) is 5.82 Å². The maximum absolute atomic E-state index is 15.1. The van der Waals surface area contributed by atoms with Gasteiger partial charge in [0.25, 0.3) is 5.91 Å². The molecule has 2 N–H and O–H groups in total. The van der Waals surface area contributed by atoms with Gasteiger partial charge in [0, 0.05) is 24.4 Å². The normalized spacial score (nSPS) is 11.6. The van der Waals surface area contributed by atoms with Crippen LogP contribution in [0.1, 0.15) is 29.3 Å². The second kappa shape index (κ2) is 11.0. The number of anilines is 3. The van der Waals surface area contributed by atoms with Crippen molar-refractivity contribution in [2.45, 2.75) is 19.9 Å². The van der Waals surface area contributed by atoms with E-state index < -0.39 is 28.6 Å². The second-order valence-corrected chi connectivity index (χ2v) is 8.08. The molecule has 32 heavy (non-hydrogen) atoms. The summed E-state index contributed by atoms with van der Waals surface area (Å²) in [4.78, 5) is 16.9. The molecular formula is C22H21ClFN4O3S-. The average Bonchev–Trinajstić information content (AvgIpc) is 2.78. The predicted octanol–water partition coefficient (Wildman–Crippen LogP) is 4.75. The van der Waals surface area contributed by atoms with Crippen LogP contribution >= 0.6 is 11.6 Å². The number of aromatic nitrogens is 1. The van der Waals surface area contributed by atoms with Crippen molar-refractivity contribution < 1.29 is 17.9 Å². The Morgan fingerprint density at radius 3 is 2.56 bits per heavy atom. The van der Waals surface area contributed by atoms with Crippen LogP contribution in [0.3, 0.4) is 0 Å². The molecule has 0 spiro atoms. The molecule has 0 saturated carbocycles. The van der Waals surface area contributed by atoms with Crippen LogP contribution in [0.15, 0.2) is 60.8 Å². The van der Waals surface area contributed by atoms with Crippen LogP contribution in [0, 0.1) is 5.82 Å². The molecule has 0 aliphatic carbocycles. The van der Waals surface area contributed by atoms with Crippen molar-refractivity contribution in [2.75, 3.05) is 21.5 Å². The van der Waals surface area contributed by atoms with Gasteiger partial charge in [0.1, 0.15) is 5.82 Å². The monoisotopic (exact) mass is 475 g/mol. The molecule has 3 rings (SSSR count). The van der Waals surface area contributed by atoms with Crippen molar-refractivity contribution in [3.63, 3.8) is 0 Å². The Labute approximate surface area is 193 Å². The van der Waals surface area contributed by atoms with E-state index in [1.165, 1.54) is 18.3 Å². The minimum atomic E-state index is -2.70. The number of nitrogens with zero attached hydrogens (tertiary/aromatic N) is 2. The fourth-order valence-electron chi connectivity index (χ4n) is 2.98. The molecule has 1 unspecified atom stereocenters. The number of nitrogens with one attached hydrogen (secondary N) is 2. The van der Waals surface area contributed by atoms with Crippen molar-refractivity contribution >= 4 is 46.0 Å². The summed E-state index contributed by atoms with van der Waals surface area (Å²) in [5, 5.41) is 5.57. The van der Waals surface area contributed by atoms with Crippen LogP contribution in [0.4, 0.5) is 21.6 Å². The summed E-state index contributed by atoms with van der Waals surface area (Å²) in [6.07, 6.45) is 1.89. The third-order valence-electron chi connectivity index (χ3n) is 4.51. The lowest BCUT2D eigenvalue weighted by Crippen LogP contribution is -2.28. The zero-order valence-electron chi connectivity index (χ0n) is 17.2. The predicted molar refractivity (Wildman–Crippen MR) is 124 cm³/mol. The molecular weight excluding hydrogens is 455 g/mol. The summed E-state index contributed by atoms with van der Waals surface area (Å²) in [7, 11) is 0. The molecule has 0 saturated heterocycles. The first-order chi connectivity index (χ1) is 15.4. The summed E-state index contributed by atoms with van der Waals surface area (Å²) in [6.45, 7) is 2.41. The highest BCUT2D eigenvalue weighted by atomic mass is 35.5. The zero-order chi connectivity index (χ0) is 23.1. The summed E-state index contributed by atoms with van der Waals surface area (Å²) in [5.74, 6) is -1.22. The fourth-order valence-corrected chi connectivity index (χ4v) is 3.84. The van der Waals surface area contributed by atoms with Crippen LogP contribution in [0.2, 0.25) is 5.02 Å². The van der Waals surface area contributed by atoms with Crippen molar-refractivity contribution in [1.82, 2.24) is 4.98 Å². The molecule has 168 valence electrons. The summed E-state index contributed by atoms with van der Waals surface area (Å²) < 4.78 is 38.9.